The molecule has 5 heteroatoms. The number of amides is 1. The average molecular weight is 244 g/mol. The Morgan fingerprint density at radius 3 is 2.59 bits per heavy atom. The highest BCUT2D eigenvalue weighted by Gasteiger charge is 2.45. The Morgan fingerprint density at radius 1 is 1.47 bits per heavy atom. The maximum atomic E-state index is 12.1. The van der Waals surface area contributed by atoms with Gasteiger partial charge in [-0.1, -0.05) is 13.8 Å². The van der Waals surface area contributed by atoms with Crippen molar-refractivity contribution < 1.29 is 14.3 Å². The first-order valence-corrected chi connectivity index (χ1v) is 5.99. The topological polar surface area (TPSA) is 73.6 Å². The van der Waals surface area contributed by atoms with Gasteiger partial charge in [0.05, 0.1) is 6.61 Å². The normalized spacial score (nSPS) is 28.5. The molecule has 0 aromatic heterocycles. The van der Waals surface area contributed by atoms with Gasteiger partial charge in [0.15, 0.2) is 5.79 Å². The molecule has 0 aromatic carbocycles. The summed E-state index contributed by atoms with van der Waals surface area (Å²) in [5.41, 5.74) is 5.28. The van der Waals surface area contributed by atoms with Gasteiger partial charge < -0.3 is 20.5 Å². The van der Waals surface area contributed by atoms with E-state index in [4.69, 9.17) is 15.2 Å². The first-order chi connectivity index (χ1) is 7.64. The van der Waals surface area contributed by atoms with Gasteiger partial charge in [-0.15, -0.1) is 0 Å². The van der Waals surface area contributed by atoms with Crippen molar-refractivity contribution in [2.45, 2.75) is 52.6 Å². The molecule has 1 aliphatic heterocycles. The highest BCUT2D eigenvalue weighted by Crippen LogP contribution is 2.34. The second kappa shape index (κ2) is 4.92. The molecule has 3 N–H and O–H groups in total. The van der Waals surface area contributed by atoms with E-state index in [1.54, 1.807) is 0 Å². The van der Waals surface area contributed by atoms with Crippen LogP contribution in [0.25, 0.3) is 0 Å². The van der Waals surface area contributed by atoms with Crippen LogP contribution < -0.4 is 11.1 Å². The van der Waals surface area contributed by atoms with Crippen LogP contribution in [0.3, 0.4) is 0 Å². The third kappa shape index (κ3) is 3.94. The summed E-state index contributed by atoms with van der Waals surface area (Å²) < 4.78 is 11.3. The molecule has 17 heavy (non-hydrogen) atoms. The van der Waals surface area contributed by atoms with Gasteiger partial charge >= 0.3 is 0 Å². The molecule has 1 amide bonds. The van der Waals surface area contributed by atoms with E-state index in [2.05, 4.69) is 5.32 Å². The Balaban J connectivity index is 2.67. The predicted octanol–water partition coefficient (Wildman–Crippen LogP) is 0.628. The van der Waals surface area contributed by atoms with E-state index in [0.717, 1.165) is 0 Å². The van der Waals surface area contributed by atoms with Gasteiger partial charge in [0, 0.05) is 18.0 Å². The fourth-order valence-electron chi connectivity index (χ4n) is 1.68. The van der Waals surface area contributed by atoms with E-state index in [1.165, 1.54) is 0 Å². The summed E-state index contributed by atoms with van der Waals surface area (Å²) in [4.78, 5) is 12.1. The van der Waals surface area contributed by atoms with Crippen molar-refractivity contribution in [2.75, 3.05) is 13.2 Å². The van der Waals surface area contributed by atoms with Crippen LogP contribution in [-0.4, -0.2) is 37.0 Å². The minimum atomic E-state index is -0.716. The highest BCUT2D eigenvalue weighted by molar-refractivity contribution is 5.81. The maximum absolute atomic E-state index is 12.1. The van der Waals surface area contributed by atoms with Gasteiger partial charge in [-0.3, -0.25) is 4.79 Å². The van der Waals surface area contributed by atoms with Crippen molar-refractivity contribution in [2.24, 2.45) is 11.1 Å². The number of rotatable bonds is 3. The molecule has 1 saturated heterocycles. The van der Waals surface area contributed by atoms with Gasteiger partial charge in [-0.2, -0.15) is 0 Å². The van der Waals surface area contributed by atoms with E-state index < -0.39 is 11.9 Å². The van der Waals surface area contributed by atoms with Crippen molar-refractivity contribution >= 4 is 5.91 Å². The Hall–Kier alpha value is -0.650. The zero-order valence-corrected chi connectivity index (χ0v) is 11.4. The number of carbonyl (C=O) groups excluding carboxylic acids is 1. The van der Waals surface area contributed by atoms with Crippen LogP contribution in [0.15, 0.2) is 0 Å². The summed E-state index contributed by atoms with van der Waals surface area (Å²) >= 11 is 0. The molecule has 100 valence electrons. The molecule has 1 heterocycles. The SMILES string of the molecule is C[C@@H](N)CNC(=O)[C@@H]1OC(C)(C)OCC1(C)C. The lowest BCUT2D eigenvalue weighted by molar-refractivity contribution is -0.304. The van der Waals surface area contributed by atoms with Gasteiger partial charge in [0.2, 0.25) is 5.91 Å². The van der Waals surface area contributed by atoms with Gasteiger partial charge in [-0.05, 0) is 20.8 Å². The molecule has 0 aromatic rings. The van der Waals surface area contributed by atoms with Crippen LogP contribution in [0, 0.1) is 5.41 Å². The number of hydrogen-bond donors (Lipinski definition) is 2. The van der Waals surface area contributed by atoms with E-state index in [-0.39, 0.29) is 17.4 Å². The molecular formula is C12H24N2O3. The Labute approximate surface area is 103 Å². The smallest absolute Gasteiger partial charge is 0.249 e. The molecular weight excluding hydrogens is 220 g/mol. The second-order valence-corrected chi connectivity index (χ2v) is 5.90. The zero-order valence-electron chi connectivity index (χ0n) is 11.4. The van der Waals surface area contributed by atoms with Crippen molar-refractivity contribution in [3.8, 4) is 0 Å². The molecule has 0 unspecified atom stereocenters. The standard InChI is InChI=1S/C12H24N2O3/c1-8(13)6-14-10(15)9-11(2,3)7-16-12(4,5)17-9/h8-9H,6-7,13H2,1-5H3,(H,14,15)/t8-,9+/m1/s1. The number of carbonyl (C=O) groups is 1. The maximum Gasteiger partial charge on any atom is 0.249 e. The van der Waals surface area contributed by atoms with Crippen LogP contribution in [0.4, 0.5) is 0 Å². The van der Waals surface area contributed by atoms with E-state index in [0.29, 0.717) is 13.2 Å². The van der Waals surface area contributed by atoms with Gasteiger partial charge in [0.25, 0.3) is 0 Å². The van der Waals surface area contributed by atoms with Gasteiger partial charge in [-0.25, -0.2) is 0 Å². The number of nitrogens with one attached hydrogen (secondary N) is 1. The number of ether oxygens (including phenoxy) is 2. The Bertz CT molecular complexity index is 287. The minimum absolute atomic E-state index is 0.0603. The third-order valence-corrected chi connectivity index (χ3v) is 2.74. The van der Waals surface area contributed by atoms with Crippen molar-refractivity contribution in [1.29, 1.82) is 0 Å². The monoisotopic (exact) mass is 244 g/mol. The van der Waals surface area contributed by atoms with E-state index in [9.17, 15) is 4.79 Å². The van der Waals surface area contributed by atoms with Gasteiger partial charge in [0.1, 0.15) is 6.10 Å². The lowest BCUT2D eigenvalue weighted by atomic mass is 9.85. The molecule has 1 aliphatic rings. The molecule has 5 nitrogen and oxygen atoms in total. The molecule has 0 aliphatic carbocycles. The summed E-state index contributed by atoms with van der Waals surface area (Å²) in [6.45, 7) is 10.3. The summed E-state index contributed by atoms with van der Waals surface area (Å²) in [6, 6.07) is -0.0603. The molecule has 0 bridgehead atoms. The lowest BCUT2D eigenvalue weighted by Crippen LogP contribution is -2.57. The first-order valence-electron chi connectivity index (χ1n) is 5.99. The molecule has 0 spiro atoms. The lowest BCUT2D eigenvalue weighted by Gasteiger charge is -2.44. The van der Waals surface area contributed by atoms with Crippen LogP contribution in [0.2, 0.25) is 0 Å². The Morgan fingerprint density at radius 2 is 2.06 bits per heavy atom. The fraction of sp³-hybridized carbons (Fsp3) is 0.917. The molecule has 0 saturated carbocycles. The third-order valence-electron chi connectivity index (χ3n) is 2.74. The summed E-state index contributed by atoms with van der Waals surface area (Å²) in [6.07, 6.45) is -0.509. The van der Waals surface area contributed by atoms with Crippen LogP contribution >= 0.6 is 0 Å². The quantitative estimate of drug-likeness (QED) is 0.763. The highest BCUT2D eigenvalue weighted by atomic mass is 16.7. The summed E-state index contributed by atoms with van der Waals surface area (Å²) in [5.74, 6) is -0.838. The van der Waals surface area contributed by atoms with Crippen molar-refractivity contribution in [3.05, 3.63) is 0 Å². The largest absolute Gasteiger partial charge is 0.352 e. The first kappa shape index (κ1) is 14.4. The average Bonchev–Trinajstić information content (AvgIpc) is 2.19. The van der Waals surface area contributed by atoms with Crippen LogP contribution in [0.1, 0.15) is 34.6 Å². The molecule has 0 radical (unpaired) electrons. The van der Waals surface area contributed by atoms with Crippen LogP contribution in [0.5, 0.6) is 0 Å². The summed E-state index contributed by atoms with van der Waals surface area (Å²) in [7, 11) is 0. The van der Waals surface area contributed by atoms with Crippen molar-refractivity contribution in [1.82, 2.24) is 5.32 Å². The Kier molecular flexibility index (Phi) is 4.17. The molecule has 1 fully saturated rings. The zero-order chi connectivity index (χ0) is 13.3. The van der Waals surface area contributed by atoms with Crippen molar-refractivity contribution in [3.63, 3.8) is 0 Å². The number of hydrogen-bond acceptors (Lipinski definition) is 4. The number of nitrogens with two attached hydrogens (primary N) is 1. The van der Waals surface area contributed by atoms with E-state index >= 15 is 0 Å². The summed E-state index contributed by atoms with van der Waals surface area (Å²) in [5, 5.41) is 2.80. The molecule has 1 rings (SSSR count). The minimum Gasteiger partial charge on any atom is -0.352 e. The van der Waals surface area contributed by atoms with E-state index in [1.807, 2.05) is 34.6 Å². The molecule has 2 atom stereocenters. The predicted molar refractivity (Wildman–Crippen MR) is 65.3 cm³/mol. The second-order valence-electron chi connectivity index (χ2n) is 5.90. The van der Waals surface area contributed by atoms with Crippen LogP contribution in [-0.2, 0) is 14.3 Å². The fourth-order valence-corrected chi connectivity index (χ4v) is 1.68.